The molecule has 2 aromatic rings. The highest BCUT2D eigenvalue weighted by molar-refractivity contribution is 5.82. The van der Waals surface area contributed by atoms with E-state index in [2.05, 4.69) is 26.4 Å². The second kappa shape index (κ2) is 11.4. The molecule has 8 heteroatoms. The van der Waals surface area contributed by atoms with Gasteiger partial charge in [0.15, 0.2) is 0 Å². The lowest BCUT2D eigenvalue weighted by atomic mass is 9.78. The van der Waals surface area contributed by atoms with Crippen LogP contribution in [0.3, 0.4) is 0 Å². The number of para-hydroxylation sites is 2. The van der Waals surface area contributed by atoms with E-state index in [0.717, 1.165) is 62.3 Å². The number of likely N-dealkylation sites (N-methyl/N-ethyl adjacent to an activating group) is 1. The molecule has 1 aliphatic carbocycles. The van der Waals surface area contributed by atoms with E-state index in [9.17, 15) is 9.59 Å². The zero-order valence-electron chi connectivity index (χ0n) is 20.9. The molecule has 2 saturated heterocycles. The minimum Gasteiger partial charge on any atom is -0.457 e. The van der Waals surface area contributed by atoms with Crippen LogP contribution in [0, 0.1) is 11.8 Å². The summed E-state index contributed by atoms with van der Waals surface area (Å²) < 4.78 is 6.05. The summed E-state index contributed by atoms with van der Waals surface area (Å²) in [5.41, 5.74) is 7.52. The summed E-state index contributed by atoms with van der Waals surface area (Å²) >= 11 is 0. The average Bonchev–Trinajstić information content (AvgIpc) is 3.36. The van der Waals surface area contributed by atoms with Crippen molar-refractivity contribution in [2.24, 2.45) is 11.8 Å². The summed E-state index contributed by atoms with van der Waals surface area (Å²) in [5, 5.41) is 5.94. The van der Waals surface area contributed by atoms with Crippen molar-refractivity contribution in [2.45, 2.75) is 56.8 Å². The molecule has 2 aliphatic heterocycles. The van der Waals surface area contributed by atoms with Gasteiger partial charge >= 0.3 is 0 Å². The first-order valence-electron chi connectivity index (χ1n) is 13.2. The second-order valence-electron chi connectivity index (χ2n) is 10.2. The van der Waals surface area contributed by atoms with E-state index in [4.69, 9.17) is 4.74 Å². The number of hydrogen-bond acceptors (Lipinski definition) is 6. The highest BCUT2D eigenvalue weighted by Gasteiger charge is 2.44. The van der Waals surface area contributed by atoms with Crippen LogP contribution in [0.2, 0.25) is 0 Å². The molecule has 4 N–H and O–H groups in total. The third kappa shape index (κ3) is 5.56. The summed E-state index contributed by atoms with van der Waals surface area (Å²) in [4.78, 5) is 27.8. The van der Waals surface area contributed by atoms with Crippen LogP contribution in [0.1, 0.15) is 37.7 Å². The zero-order chi connectivity index (χ0) is 24.9. The number of fused-ring (bicyclic) bond motifs is 1. The first-order chi connectivity index (χ1) is 17.6. The van der Waals surface area contributed by atoms with Gasteiger partial charge in [-0.2, -0.15) is 0 Å². The van der Waals surface area contributed by atoms with Crippen molar-refractivity contribution in [3.05, 3.63) is 60.2 Å². The quantitative estimate of drug-likeness (QED) is 0.476. The number of hydrogen-bond donors (Lipinski definition) is 4. The summed E-state index contributed by atoms with van der Waals surface area (Å²) in [6, 6.07) is 18.1. The molecule has 3 aliphatic rings. The van der Waals surface area contributed by atoms with Gasteiger partial charge in [0.1, 0.15) is 17.5 Å². The number of ether oxygens (including phenoxy) is 1. The zero-order valence-corrected chi connectivity index (χ0v) is 20.9. The normalized spacial score (nSPS) is 28.2. The molecular formula is C28H37N5O3. The van der Waals surface area contributed by atoms with Crippen LogP contribution in [0.15, 0.2) is 54.6 Å². The van der Waals surface area contributed by atoms with Crippen LogP contribution in [-0.4, -0.2) is 55.0 Å². The maximum atomic E-state index is 13.2. The average molecular weight is 492 g/mol. The third-order valence-corrected chi connectivity index (χ3v) is 7.99. The Labute approximate surface area is 213 Å². The molecule has 36 heavy (non-hydrogen) atoms. The number of rotatable bonds is 7. The lowest BCUT2D eigenvalue weighted by molar-refractivity contribution is -0.127. The number of carbonyl (C=O) groups is 2. The Bertz CT molecular complexity index is 1050. The smallest absolute Gasteiger partial charge is 0.238 e. The van der Waals surface area contributed by atoms with Crippen LogP contribution in [0.25, 0.3) is 0 Å². The third-order valence-electron chi connectivity index (χ3n) is 7.99. The molecule has 3 fully saturated rings. The Kier molecular flexibility index (Phi) is 7.84. The molecule has 5 unspecified atom stereocenters. The topological polar surface area (TPSA) is 94.7 Å². The van der Waals surface area contributed by atoms with Crippen molar-refractivity contribution in [2.75, 3.05) is 20.1 Å². The highest BCUT2D eigenvalue weighted by Crippen LogP contribution is 2.34. The molecule has 0 radical (unpaired) electrons. The fraction of sp³-hybridized carbons (Fsp3) is 0.500. The first kappa shape index (κ1) is 24.7. The largest absolute Gasteiger partial charge is 0.457 e. The van der Waals surface area contributed by atoms with Crippen LogP contribution in [0.5, 0.6) is 11.5 Å². The fourth-order valence-corrected chi connectivity index (χ4v) is 6.03. The summed E-state index contributed by atoms with van der Waals surface area (Å²) in [7, 11) is 1.69. The number of carbonyl (C=O) groups excluding carboxylic acids is 2. The summed E-state index contributed by atoms with van der Waals surface area (Å²) in [6.07, 6.45) is 5.03. The molecule has 0 bridgehead atoms. The molecule has 5 atom stereocenters. The molecule has 0 spiro atoms. The lowest BCUT2D eigenvalue weighted by Crippen LogP contribution is -2.51. The van der Waals surface area contributed by atoms with Gasteiger partial charge in [-0.15, -0.1) is 0 Å². The van der Waals surface area contributed by atoms with E-state index in [-0.39, 0.29) is 23.8 Å². The van der Waals surface area contributed by atoms with E-state index in [1.165, 1.54) is 0 Å². The molecule has 192 valence electrons. The van der Waals surface area contributed by atoms with Gasteiger partial charge in [0.05, 0.1) is 5.92 Å². The SMILES string of the molecule is CNC(=O)C1NNC2CC(N3CCCC(C(=O)NCc4ccccc4Oc4ccccc4)C3)CCC21. The number of benzene rings is 2. The fourth-order valence-electron chi connectivity index (χ4n) is 6.03. The molecule has 2 heterocycles. The predicted octanol–water partition coefficient (Wildman–Crippen LogP) is 2.57. The van der Waals surface area contributed by atoms with Gasteiger partial charge in [-0.05, 0) is 56.8 Å². The van der Waals surface area contributed by atoms with Gasteiger partial charge in [0, 0.05) is 43.7 Å². The van der Waals surface area contributed by atoms with E-state index in [1.807, 2.05) is 54.6 Å². The Hall–Kier alpha value is -2.94. The summed E-state index contributed by atoms with van der Waals surface area (Å²) in [5.74, 6) is 2.03. The van der Waals surface area contributed by atoms with Crippen molar-refractivity contribution in [3.8, 4) is 11.5 Å². The standard InChI is InChI=1S/C28H37N5O3/c1-29-28(35)26-23-14-13-21(16-24(23)31-32-26)33-15-7-9-20(18-33)27(34)30-17-19-8-5-6-12-25(19)36-22-10-3-2-4-11-22/h2-6,8,10-12,20-21,23-24,26,31-32H,7,9,13-18H2,1H3,(H,29,35)(H,30,34). The summed E-state index contributed by atoms with van der Waals surface area (Å²) in [6.45, 7) is 2.27. The van der Waals surface area contributed by atoms with Crippen LogP contribution in [0.4, 0.5) is 0 Å². The van der Waals surface area contributed by atoms with Crippen molar-refractivity contribution < 1.29 is 14.3 Å². The van der Waals surface area contributed by atoms with Gasteiger partial charge in [0.25, 0.3) is 0 Å². The molecule has 1 saturated carbocycles. The maximum absolute atomic E-state index is 13.2. The number of amides is 2. The first-order valence-corrected chi connectivity index (χ1v) is 13.2. The number of likely N-dealkylation sites (tertiary alicyclic amines) is 1. The van der Waals surface area contributed by atoms with Gasteiger partial charge < -0.3 is 15.4 Å². The highest BCUT2D eigenvalue weighted by atomic mass is 16.5. The minimum atomic E-state index is -0.158. The van der Waals surface area contributed by atoms with Crippen molar-refractivity contribution in [1.29, 1.82) is 0 Å². The Morgan fingerprint density at radius 1 is 1.00 bits per heavy atom. The van der Waals surface area contributed by atoms with Crippen molar-refractivity contribution in [3.63, 3.8) is 0 Å². The van der Waals surface area contributed by atoms with Gasteiger partial charge in [-0.25, -0.2) is 5.43 Å². The number of nitrogens with one attached hydrogen (secondary N) is 4. The van der Waals surface area contributed by atoms with Crippen LogP contribution in [-0.2, 0) is 16.1 Å². The Morgan fingerprint density at radius 3 is 2.64 bits per heavy atom. The molecule has 5 rings (SSSR count). The number of piperidine rings is 1. The van der Waals surface area contributed by atoms with E-state index in [0.29, 0.717) is 24.5 Å². The molecule has 8 nitrogen and oxygen atoms in total. The van der Waals surface area contributed by atoms with E-state index < -0.39 is 0 Å². The molecular weight excluding hydrogens is 454 g/mol. The van der Waals surface area contributed by atoms with Crippen molar-refractivity contribution in [1.82, 2.24) is 26.4 Å². The molecule has 2 aromatic carbocycles. The van der Waals surface area contributed by atoms with E-state index >= 15 is 0 Å². The Balaban J connectivity index is 1.14. The second-order valence-corrected chi connectivity index (χ2v) is 10.2. The van der Waals surface area contributed by atoms with Gasteiger partial charge in [-0.3, -0.25) is 19.9 Å². The Morgan fingerprint density at radius 2 is 1.81 bits per heavy atom. The van der Waals surface area contributed by atoms with Crippen LogP contribution < -0.4 is 26.2 Å². The molecule has 2 amide bonds. The lowest BCUT2D eigenvalue weighted by Gasteiger charge is -2.42. The van der Waals surface area contributed by atoms with E-state index in [1.54, 1.807) is 7.05 Å². The van der Waals surface area contributed by atoms with Gasteiger partial charge in [-0.1, -0.05) is 36.4 Å². The maximum Gasteiger partial charge on any atom is 0.238 e. The predicted molar refractivity (Wildman–Crippen MR) is 138 cm³/mol. The minimum absolute atomic E-state index is 0.00745. The van der Waals surface area contributed by atoms with Gasteiger partial charge in [0.2, 0.25) is 11.8 Å². The monoisotopic (exact) mass is 491 g/mol. The number of hydrazine groups is 1. The number of nitrogens with zero attached hydrogens (tertiary/aromatic N) is 1. The van der Waals surface area contributed by atoms with Crippen LogP contribution >= 0.6 is 0 Å². The van der Waals surface area contributed by atoms with Crippen molar-refractivity contribution >= 4 is 11.8 Å². The molecule has 0 aromatic heterocycles.